The van der Waals surface area contributed by atoms with Crippen LogP contribution in [0.25, 0.3) is 0 Å². The molecule has 1 aliphatic rings. The highest BCUT2D eigenvalue weighted by atomic mass is 35.5. The van der Waals surface area contributed by atoms with E-state index in [1.165, 1.54) is 19.2 Å². The predicted molar refractivity (Wildman–Crippen MR) is 94.5 cm³/mol. The summed E-state index contributed by atoms with van der Waals surface area (Å²) in [6.45, 7) is 6.48. The second kappa shape index (κ2) is 7.26. The number of rotatable bonds is 4. The van der Waals surface area contributed by atoms with E-state index in [0.29, 0.717) is 23.9 Å². The predicted octanol–water partition coefficient (Wildman–Crippen LogP) is 3.80. The van der Waals surface area contributed by atoms with E-state index in [0.717, 1.165) is 29.4 Å². The van der Waals surface area contributed by atoms with Gasteiger partial charge in [-0.05, 0) is 43.4 Å². The normalized spacial score (nSPS) is 17.8. The topological polar surface area (TPSA) is 58.4 Å². The molecule has 1 N–H and O–H groups in total. The molecule has 1 aromatic carbocycles. The monoisotopic (exact) mass is 347 g/mol. The molecule has 0 unspecified atom stereocenters. The molecular formula is C18H22ClN3O2. The van der Waals surface area contributed by atoms with Gasteiger partial charge in [-0.3, -0.25) is 4.79 Å². The molecule has 5 nitrogen and oxygen atoms in total. The lowest BCUT2D eigenvalue weighted by Crippen LogP contribution is -2.34. The number of aryl methyl sites for hydroxylation is 1. The van der Waals surface area contributed by atoms with Crippen molar-refractivity contribution in [3.8, 4) is 0 Å². The largest absolute Gasteiger partial charge is 0.448 e. The molecule has 2 heterocycles. The van der Waals surface area contributed by atoms with E-state index in [-0.39, 0.29) is 5.91 Å². The number of carbonyl (C=O) groups is 1. The highest BCUT2D eigenvalue weighted by molar-refractivity contribution is 6.33. The van der Waals surface area contributed by atoms with Gasteiger partial charge >= 0.3 is 0 Å². The van der Waals surface area contributed by atoms with E-state index in [2.05, 4.69) is 22.1 Å². The van der Waals surface area contributed by atoms with Crippen LogP contribution < -0.4 is 10.2 Å². The van der Waals surface area contributed by atoms with Crippen LogP contribution in [-0.2, 0) is 6.54 Å². The molecule has 24 heavy (non-hydrogen) atoms. The number of hydrogen-bond donors (Lipinski definition) is 1. The first-order valence-electron chi connectivity index (χ1n) is 8.26. The maximum atomic E-state index is 12.1. The SMILES string of the molecule is Cc1ocnc1C(=O)NCc1ccc(N2CCC[C@@H](C)C2)c(Cl)c1. The quantitative estimate of drug-likeness (QED) is 0.913. The first kappa shape index (κ1) is 16.8. The number of aromatic nitrogens is 1. The Labute approximate surface area is 147 Å². The van der Waals surface area contributed by atoms with Crippen molar-refractivity contribution in [2.24, 2.45) is 5.92 Å². The average molecular weight is 348 g/mol. The van der Waals surface area contributed by atoms with Crippen molar-refractivity contribution >= 4 is 23.2 Å². The van der Waals surface area contributed by atoms with Crippen molar-refractivity contribution in [3.05, 3.63) is 46.6 Å². The average Bonchev–Trinajstić information content (AvgIpc) is 2.99. The van der Waals surface area contributed by atoms with Gasteiger partial charge in [0.05, 0.1) is 10.7 Å². The number of anilines is 1. The molecule has 1 amide bonds. The fraction of sp³-hybridized carbons (Fsp3) is 0.444. The van der Waals surface area contributed by atoms with E-state index in [1.807, 2.05) is 18.2 Å². The van der Waals surface area contributed by atoms with E-state index in [1.54, 1.807) is 6.92 Å². The first-order chi connectivity index (χ1) is 11.5. The summed E-state index contributed by atoms with van der Waals surface area (Å²) < 4.78 is 5.05. The minimum absolute atomic E-state index is 0.244. The number of piperidine rings is 1. The zero-order valence-electron chi connectivity index (χ0n) is 14.0. The van der Waals surface area contributed by atoms with Crippen LogP contribution in [0.15, 0.2) is 29.0 Å². The number of nitrogens with zero attached hydrogens (tertiary/aromatic N) is 2. The number of amides is 1. The molecule has 1 fully saturated rings. The van der Waals surface area contributed by atoms with Gasteiger partial charge in [-0.15, -0.1) is 0 Å². The van der Waals surface area contributed by atoms with Gasteiger partial charge in [0.25, 0.3) is 5.91 Å². The highest BCUT2D eigenvalue weighted by Crippen LogP contribution is 2.30. The lowest BCUT2D eigenvalue weighted by atomic mass is 9.99. The van der Waals surface area contributed by atoms with Crippen LogP contribution >= 0.6 is 11.6 Å². The molecular weight excluding hydrogens is 326 g/mol. The van der Waals surface area contributed by atoms with Gasteiger partial charge in [-0.1, -0.05) is 24.6 Å². The molecule has 3 rings (SSSR count). The smallest absolute Gasteiger partial charge is 0.273 e. The standard InChI is InChI=1S/C18H22ClN3O2/c1-12-4-3-7-22(10-12)16-6-5-14(8-15(16)19)9-20-18(23)17-13(2)24-11-21-17/h5-6,8,11-12H,3-4,7,9-10H2,1-2H3,(H,20,23)/t12-/m1/s1. The van der Waals surface area contributed by atoms with Crippen molar-refractivity contribution in [3.63, 3.8) is 0 Å². The molecule has 128 valence electrons. The van der Waals surface area contributed by atoms with Crippen molar-refractivity contribution in [2.75, 3.05) is 18.0 Å². The van der Waals surface area contributed by atoms with Crippen LogP contribution in [0.1, 0.15) is 41.6 Å². The van der Waals surface area contributed by atoms with Gasteiger partial charge in [-0.25, -0.2) is 4.98 Å². The minimum Gasteiger partial charge on any atom is -0.448 e. The van der Waals surface area contributed by atoms with Crippen molar-refractivity contribution < 1.29 is 9.21 Å². The summed E-state index contributed by atoms with van der Waals surface area (Å²) in [5, 5.41) is 3.57. The highest BCUT2D eigenvalue weighted by Gasteiger charge is 2.19. The van der Waals surface area contributed by atoms with Crippen LogP contribution in [-0.4, -0.2) is 24.0 Å². The summed E-state index contributed by atoms with van der Waals surface area (Å²) in [6.07, 6.45) is 3.75. The van der Waals surface area contributed by atoms with Crippen LogP contribution in [0.5, 0.6) is 0 Å². The van der Waals surface area contributed by atoms with E-state index in [4.69, 9.17) is 16.0 Å². The molecule has 1 atom stereocenters. The Morgan fingerprint density at radius 1 is 1.50 bits per heavy atom. The number of carbonyl (C=O) groups excluding carboxylic acids is 1. The minimum atomic E-state index is -0.244. The maximum Gasteiger partial charge on any atom is 0.273 e. The molecule has 1 aromatic heterocycles. The zero-order chi connectivity index (χ0) is 17.1. The fourth-order valence-electron chi connectivity index (χ4n) is 3.11. The second-order valence-corrected chi connectivity index (χ2v) is 6.83. The third kappa shape index (κ3) is 3.73. The molecule has 0 aliphatic carbocycles. The Balaban J connectivity index is 1.64. The Morgan fingerprint density at radius 2 is 2.33 bits per heavy atom. The lowest BCUT2D eigenvalue weighted by molar-refractivity contribution is 0.0945. The Morgan fingerprint density at radius 3 is 3.00 bits per heavy atom. The lowest BCUT2D eigenvalue weighted by Gasteiger charge is -2.33. The summed E-state index contributed by atoms with van der Waals surface area (Å²) in [7, 11) is 0. The van der Waals surface area contributed by atoms with Crippen LogP contribution in [0.2, 0.25) is 5.02 Å². The number of halogens is 1. The first-order valence-corrected chi connectivity index (χ1v) is 8.64. The van der Waals surface area contributed by atoms with Crippen molar-refractivity contribution in [2.45, 2.75) is 33.2 Å². The molecule has 0 spiro atoms. The Kier molecular flexibility index (Phi) is 5.09. The number of nitrogens with one attached hydrogen (secondary N) is 1. The molecule has 2 aromatic rings. The Hall–Kier alpha value is -2.01. The molecule has 0 bridgehead atoms. The van der Waals surface area contributed by atoms with Crippen LogP contribution in [0.4, 0.5) is 5.69 Å². The van der Waals surface area contributed by atoms with Gasteiger partial charge in [0.15, 0.2) is 12.1 Å². The van der Waals surface area contributed by atoms with Gasteiger partial charge in [0.1, 0.15) is 5.76 Å². The summed E-state index contributed by atoms with van der Waals surface area (Å²) in [5.74, 6) is 0.964. The van der Waals surface area contributed by atoms with Gasteiger partial charge in [0, 0.05) is 19.6 Å². The Bertz CT molecular complexity index is 729. The third-order valence-corrected chi connectivity index (χ3v) is 4.73. The van der Waals surface area contributed by atoms with Gasteiger partial charge < -0.3 is 14.6 Å². The van der Waals surface area contributed by atoms with Crippen LogP contribution in [0.3, 0.4) is 0 Å². The number of benzene rings is 1. The molecule has 0 saturated carbocycles. The summed E-state index contributed by atoms with van der Waals surface area (Å²) in [5.41, 5.74) is 2.36. The molecule has 0 radical (unpaired) electrons. The van der Waals surface area contributed by atoms with E-state index in [9.17, 15) is 4.79 Å². The van der Waals surface area contributed by atoms with Gasteiger partial charge in [-0.2, -0.15) is 0 Å². The number of oxazole rings is 1. The summed E-state index contributed by atoms with van der Waals surface area (Å²) >= 11 is 6.47. The van der Waals surface area contributed by atoms with Crippen molar-refractivity contribution in [1.29, 1.82) is 0 Å². The van der Waals surface area contributed by atoms with Crippen molar-refractivity contribution in [1.82, 2.24) is 10.3 Å². The zero-order valence-corrected chi connectivity index (χ0v) is 14.8. The third-order valence-electron chi connectivity index (χ3n) is 4.42. The van der Waals surface area contributed by atoms with E-state index < -0.39 is 0 Å². The maximum absolute atomic E-state index is 12.1. The second-order valence-electron chi connectivity index (χ2n) is 6.42. The van der Waals surface area contributed by atoms with Crippen LogP contribution in [0, 0.1) is 12.8 Å². The number of hydrogen-bond acceptors (Lipinski definition) is 4. The molecule has 1 aliphatic heterocycles. The summed E-state index contributed by atoms with van der Waals surface area (Å²) in [6, 6.07) is 5.98. The summed E-state index contributed by atoms with van der Waals surface area (Å²) in [4.78, 5) is 18.3. The van der Waals surface area contributed by atoms with Gasteiger partial charge in [0.2, 0.25) is 0 Å². The molecule has 1 saturated heterocycles. The fourth-order valence-corrected chi connectivity index (χ4v) is 3.44. The van der Waals surface area contributed by atoms with E-state index >= 15 is 0 Å². The molecule has 6 heteroatoms.